The Hall–Kier alpha value is -4.06. The zero-order chi connectivity index (χ0) is 28.4. The molecule has 0 aliphatic rings. The number of aryl methyl sites for hydroxylation is 1. The highest BCUT2D eigenvalue weighted by atomic mass is 32.2. The van der Waals surface area contributed by atoms with Gasteiger partial charge in [-0.05, 0) is 68.8 Å². The van der Waals surface area contributed by atoms with Gasteiger partial charge in [0.15, 0.2) is 0 Å². The average Bonchev–Trinajstić information content (AvgIpc) is 3.49. The maximum absolute atomic E-state index is 13.4. The Labute approximate surface area is 239 Å². The lowest BCUT2D eigenvalue weighted by atomic mass is 10.1. The second-order valence-corrected chi connectivity index (χ2v) is 12.7. The number of benzene rings is 3. The molecule has 0 aliphatic heterocycles. The molecule has 1 amide bonds. The molecule has 0 unspecified atom stereocenters. The number of carbonyl (C=O) groups excluding carboxylic acids is 2. The fourth-order valence-electron chi connectivity index (χ4n) is 4.06. The summed E-state index contributed by atoms with van der Waals surface area (Å²) in [6.45, 7) is 5.64. The van der Waals surface area contributed by atoms with E-state index in [2.05, 4.69) is 10.0 Å². The van der Waals surface area contributed by atoms with Crippen LogP contribution in [0.25, 0.3) is 20.8 Å². The number of thiophene rings is 1. The molecule has 2 N–H and O–H groups in total. The molecule has 0 saturated carbocycles. The number of sulfonamides is 1. The van der Waals surface area contributed by atoms with Crippen molar-refractivity contribution < 1.29 is 22.7 Å². The summed E-state index contributed by atoms with van der Waals surface area (Å²) in [5.74, 6) is -0.934. The molecule has 8 nitrogen and oxygen atoms in total. The lowest BCUT2D eigenvalue weighted by molar-refractivity contribution is 0.0531. The van der Waals surface area contributed by atoms with E-state index in [0.717, 1.165) is 27.1 Å². The Kier molecular flexibility index (Phi) is 7.70. The van der Waals surface area contributed by atoms with Gasteiger partial charge in [-0.1, -0.05) is 35.9 Å². The summed E-state index contributed by atoms with van der Waals surface area (Å²) in [5, 5.41) is 4.04. The Morgan fingerprint density at radius 1 is 0.950 bits per heavy atom. The molecule has 2 heterocycles. The maximum atomic E-state index is 13.4. The van der Waals surface area contributed by atoms with Gasteiger partial charge in [0, 0.05) is 16.8 Å². The van der Waals surface area contributed by atoms with Crippen LogP contribution in [0, 0.1) is 13.8 Å². The SMILES string of the molecule is CCOC(=O)c1sc(NC(=O)c2cccc(NS(=O)(=O)c3ccc(C)cc3)c2)c(-c2nc3ccccc3s2)c1C. The number of amides is 1. The number of rotatable bonds is 8. The van der Waals surface area contributed by atoms with Gasteiger partial charge in [0.25, 0.3) is 15.9 Å². The van der Waals surface area contributed by atoms with Crippen LogP contribution < -0.4 is 10.0 Å². The highest BCUT2D eigenvalue weighted by Gasteiger charge is 2.26. The first-order chi connectivity index (χ1) is 19.2. The van der Waals surface area contributed by atoms with Crippen molar-refractivity contribution >= 4 is 65.5 Å². The van der Waals surface area contributed by atoms with Crippen molar-refractivity contribution in [3.05, 3.63) is 94.4 Å². The van der Waals surface area contributed by atoms with Gasteiger partial charge < -0.3 is 10.1 Å². The van der Waals surface area contributed by atoms with Crippen molar-refractivity contribution in [2.24, 2.45) is 0 Å². The smallest absolute Gasteiger partial charge is 0.348 e. The quantitative estimate of drug-likeness (QED) is 0.190. The standard InChI is InChI=1S/C29H25N3O5S3/c1-4-37-29(34)25-18(3)24(27-30-22-10-5-6-11-23(22)38-27)28(39-25)31-26(33)19-8-7-9-20(16-19)32-40(35,36)21-14-12-17(2)13-15-21/h5-16,32H,4H2,1-3H3,(H,31,33). The first kappa shape index (κ1) is 27.5. The normalized spacial score (nSPS) is 11.4. The van der Waals surface area contributed by atoms with Gasteiger partial charge in [-0.15, -0.1) is 22.7 Å². The van der Waals surface area contributed by atoms with Crippen LogP contribution in [0.15, 0.2) is 77.7 Å². The largest absolute Gasteiger partial charge is 0.462 e. The maximum Gasteiger partial charge on any atom is 0.348 e. The molecule has 2 aromatic heterocycles. The summed E-state index contributed by atoms with van der Waals surface area (Å²) >= 11 is 2.59. The molecule has 204 valence electrons. The molecule has 0 radical (unpaired) electrons. The number of esters is 1. The molecule has 0 spiro atoms. The zero-order valence-corrected chi connectivity index (χ0v) is 24.3. The van der Waals surface area contributed by atoms with E-state index in [4.69, 9.17) is 9.72 Å². The Morgan fingerprint density at radius 2 is 1.70 bits per heavy atom. The van der Waals surface area contributed by atoms with Gasteiger partial charge in [-0.2, -0.15) is 0 Å². The van der Waals surface area contributed by atoms with Gasteiger partial charge in [-0.25, -0.2) is 18.2 Å². The van der Waals surface area contributed by atoms with Crippen molar-refractivity contribution in [3.63, 3.8) is 0 Å². The molecule has 40 heavy (non-hydrogen) atoms. The van der Waals surface area contributed by atoms with Crippen LogP contribution in [0.3, 0.4) is 0 Å². The topological polar surface area (TPSA) is 114 Å². The van der Waals surface area contributed by atoms with Crippen LogP contribution in [0.4, 0.5) is 10.7 Å². The van der Waals surface area contributed by atoms with Crippen molar-refractivity contribution in [3.8, 4) is 10.6 Å². The number of nitrogens with one attached hydrogen (secondary N) is 2. The molecule has 0 aliphatic carbocycles. The lowest BCUT2D eigenvalue weighted by Crippen LogP contribution is -2.15. The zero-order valence-electron chi connectivity index (χ0n) is 21.8. The fraction of sp³-hybridized carbons (Fsp3) is 0.138. The highest BCUT2D eigenvalue weighted by Crippen LogP contribution is 2.43. The van der Waals surface area contributed by atoms with Gasteiger partial charge in [-0.3, -0.25) is 9.52 Å². The Balaban J connectivity index is 1.47. The number of thiazole rings is 1. The van der Waals surface area contributed by atoms with Crippen molar-refractivity contribution in [2.75, 3.05) is 16.6 Å². The van der Waals surface area contributed by atoms with Gasteiger partial charge in [0.05, 0.1) is 21.7 Å². The molecule has 0 atom stereocenters. The predicted molar refractivity (Wildman–Crippen MR) is 160 cm³/mol. The van der Waals surface area contributed by atoms with Crippen LogP contribution in [-0.2, 0) is 14.8 Å². The van der Waals surface area contributed by atoms with E-state index >= 15 is 0 Å². The molecular formula is C29H25N3O5S3. The number of aromatic nitrogens is 1. The molecule has 0 saturated heterocycles. The third-order valence-corrected chi connectivity index (χ3v) is 9.69. The second kappa shape index (κ2) is 11.2. The molecule has 5 rings (SSSR count). The second-order valence-electron chi connectivity index (χ2n) is 8.92. The predicted octanol–water partition coefficient (Wildman–Crippen LogP) is 6.87. The van der Waals surface area contributed by atoms with Crippen LogP contribution >= 0.6 is 22.7 Å². The minimum absolute atomic E-state index is 0.119. The number of anilines is 2. The molecule has 0 fully saturated rings. The fourth-order valence-corrected chi connectivity index (χ4v) is 7.35. The van der Waals surface area contributed by atoms with E-state index in [1.165, 1.54) is 29.5 Å². The monoisotopic (exact) mass is 591 g/mol. The molecular weight excluding hydrogens is 567 g/mol. The van der Waals surface area contributed by atoms with E-state index in [1.54, 1.807) is 44.2 Å². The number of hydrogen-bond donors (Lipinski definition) is 2. The third kappa shape index (κ3) is 5.62. The van der Waals surface area contributed by atoms with Crippen molar-refractivity contribution in [1.29, 1.82) is 0 Å². The highest BCUT2D eigenvalue weighted by molar-refractivity contribution is 7.92. The molecule has 5 aromatic rings. The van der Waals surface area contributed by atoms with Crippen LogP contribution in [0.1, 0.15) is 38.1 Å². The summed E-state index contributed by atoms with van der Waals surface area (Å²) in [6, 6.07) is 20.4. The lowest BCUT2D eigenvalue weighted by Gasteiger charge is -2.10. The summed E-state index contributed by atoms with van der Waals surface area (Å²) < 4.78 is 34.5. The van der Waals surface area contributed by atoms with Gasteiger partial charge >= 0.3 is 5.97 Å². The van der Waals surface area contributed by atoms with E-state index in [0.29, 0.717) is 26.0 Å². The van der Waals surface area contributed by atoms with Crippen molar-refractivity contribution in [1.82, 2.24) is 4.98 Å². The van der Waals surface area contributed by atoms with Crippen LogP contribution in [-0.4, -0.2) is 31.9 Å². The van der Waals surface area contributed by atoms with Crippen LogP contribution in [0.2, 0.25) is 0 Å². The summed E-state index contributed by atoms with van der Waals surface area (Å²) in [4.78, 5) is 31.3. The van der Waals surface area contributed by atoms with Gasteiger partial charge in [0.2, 0.25) is 0 Å². The number of fused-ring (bicyclic) bond motifs is 1. The molecule has 11 heteroatoms. The minimum atomic E-state index is -3.84. The van der Waals surface area contributed by atoms with Crippen LogP contribution in [0.5, 0.6) is 0 Å². The summed E-state index contributed by atoms with van der Waals surface area (Å²) in [7, 11) is -3.84. The number of ether oxygens (including phenoxy) is 1. The average molecular weight is 592 g/mol. The van der Waals surface area contributed by atoms with E-state index in [9.17, 15) is 18.0 Å². The molecule has 0 bridgehead atoms. The van der Waals surface area contributed by atoms with E-state index in [1.807, 2.05) is 31.2 Å². The summed E-state index contributed by atoms with van der Waals surface area (Å²) in [5.41, 5.74) is 3.56. The number of nitrogens with zero attached hydrogens (tertiary/aromatic N) is 1. The number of carbonyl (C=O) groups is 2. The van der Waals surface area contributed by atoms with Gasteiger partial charge in [0.1, 0.15) is 14.9 Å². The van der Waals surface area contributed by atoms with E-state index in [-0.39, 0.29) is 22.8 Å². The van der Waals surface area contributed by atoms with Crippen molar-refractivity contribution in [2.45, 2.75) is 25.7 Å². The first-order valence-corrected chi connectivity index (χ1v) is 15.4. The Morgan fingerprint density at radius 3 is 2.42 bits per heavy atom. The third-order valence-electron chi connectivity index (χ3n) is 6.05. The molecule has 3 aromatic carbocycles. The summed E-state index contributed by atoms with van der Waals surface area (Å²) in [6.07, 6.45) is 0. The number of para-hydroxylation sites is 1. The first-order valence-electron chi connectivity index (χ1n) is 12.3. The Bertz CT molecular complexity index is 1810. The van der Waals surface area contributed by atoms with E-state index < -0.39 is 21.9 Å². The minimum Gasteiger partial charge on any atom is -0.462 e. The number of hydrogen-bond acceptors (Lipinski definition) is 8.